The predicted molar refractivity (Wildman–Crippen MR) is 81.2 cm³/mol. The van der Waals surface area contributed by atoms with E-state index in [-0.39, 0.29) is 0 Å². The number of nitrogens with one attached hydrogen (secondary N) is 1. The van der Waals surface area contributed by atoms with Crippen LogP contribution in [-0.2, 0) is 6.42 Å². The molecule has 5 heteroatoms. The third-order valence-electron chi connectivity index (χ3n) is 3.21. The number of hydrogen-bond donors (Lipinski definition) is 2. The van der Waals surface area contributed by atoms with Gasteiger partial charge in [-0.15, -0.1) is 0 Å². The Labute approximate surface area is 117 Å². The van der Waals surface area contributed by atoms with E-state index in [0.29, 0.717) is 0 Å². The number of nitrogens with zero attached hydrogens (tertiary/aromatic N) is 3. The molecule has 0 aliphatic heterocycles. The molecule has 2 aromatic heterocycles. The zero-order valence-corrected chi connectivity index (χ0v) is 11.6. The minimum absolute atomic E-state index is 0.728. The van der Waals surface area contributed by atoms with Crippen LogP contribution >= 0.6 is 0 Å². The number of benzene rings is 1. The second kappa shape index (κ2) is 4.85. The molecular weight excluding hydrogens is 250 g/mol. The molecule has 0 spiro atoms. The molecule has 0 atom stereocenters. The fourth-order valence-electron chi connectivity index (χ4n) is 2.23. The standard InChI is InChI=1S/C15H17N5/c1-3-11-9-17-20-14(7-10(2)18-15(11)20)19-13-6-4-5-12(16)8-13/h4-9,19H,3,16H2,1-2H3. The van der Waals surface area contributed by atoms with Crippen LogP contribution in [-0.4, -0.2) is 14.6 Å². The molecule has 0 bridgehead atoms. The first-order valence-corrected chi connectivity index (χ1v) is 6.64. The third kappa shape index (κ3) is 2.18. The van der Waals surface area contributed by atoms with E-state index in [4.69, 9.17) is 5.73 Å². The molecule has 1 aromatic carbocycles. The molecule has 3 aromatic rings. The van der Waals surface area contributed by atoms with Crippen molar-refractivity contribution in [1.82, 2.24) is 14.6 Å². The molecule has 102 valence electrons. The number of aryl methyl sites for hydroxylation is 2. The van der Waals surface area contributed by atoms with Gasteiger partial charge in [-0.05, 0) is 31.5 Å². The van der Waals surface area contributed by atoms with Crippen molar-refractivity contribution in [3.8, 4) is 0 Å². The van der Waals surface area contributed by atoms with Crippen LogP contribution in [0.3, 0.4) is 0 Å². The topological polar surface area (TPSA) is 68.2 Å². The lowest BCUT2D eigenvalue weighted by Gasteiger charge is -2.10. The summed E-state index contributed by atoms with van der Waals surface area (Å²) in [6.07, 6.45) is 2.78. The minimum atomic E-state index is 0.728. The Kier molecular flexibility index (Phi) is 3.02. The van der Waals surface area contributed by atoms with E-state index in [1.807, 2.05) is 48.0 Å². The van der Waals surface area contributed by atoms with Gasteiger partial charge in [0.1, 0.15) is 5.82 Å². The van der Waals surface area contributed by atoms with E-state index in [9.17, 15) is 0 Å². The third-order valence-corrected chi connectivity index (χ3v) is 3.21. The van der Waals surface area contributed by atoms with Crippen LogP contribution in [0, 0.1) is 6.92 Å². The van der Waals surface area contributed by atoms with Crippen molar-refractivity contribution in [3.63, 3.8) is 0 Å². The van der Waals surface area contributed by atoms with Gasteiger partial charge in [0.2, 0.25) is 0 Å². The SMILES string of the molecule is CCc1cnn2c(Nc3cccc(N)c3)cc(C)nc12. The maximum atomic E-state index is 5.81. The minimum Gasteiger partial charge on any atom is -0.399 e. The molecular formula is C15H17N5. The van der Waals surface area contributed by atoms with E-state index in [0.717, 1.165) is 40.5 Å². The molecule has 2 heterocycles. The van der Waals surface area contributed by atoms with Gasteiger partial charge < -0.3 is 11.1 Å². The van der Waals surface area contributed by atoms with Crippen molar-refractivity contribution in [2.45, 2.75) is 20.3 Å². The summed E-state index contributed by atoms with van der Waals surface area (Å²) in [6, 6.07) is 9.63. The molecule has 0 unspecified atom stereocenters. The van der Waals surface area contributed by atoms with Crippen molar-refractivity contribution < 1.29 is 0 Å². The fraction of sp³-hybridized carbons (Fsp3) is 0.200. The van der Waals surface area contributed by atoms with Crippen molar-refractivity contribution in [3.05, 3.63) is 47.8 Å². The first kappa shape index (κ1) is 12.5. The number of aromatic nitrogens is 3. The van der Waals surface area contributed by atoms with E-state index in [1.54, 1.807) is 0 Å². The van der Waals surface area contributed by atoms with E-state index in [2.05, 4.69) is 22.3 Å². The quantitative estimate of drug-likeness (QED) is 0.716. The highest BCUT2D eigenvalue weighted by molar-refractivity contribution is 5.64. The Hall–Kier alpha value is -2.56. The lowest BCUT2D eigenvalue weighted by Crippen LogP contribution is -2.03. The summed E-state index contributed by atoms with van der Waals surface area (Å²) in [4.78, 5) is 4.56. The maximum absolute atomic E-state index is 5.81. The van der Waals surface area contributed by atoms with Gasteiger partial charge in [-0.3, -0.25) is 0 Å². The Morgan fingerprint density at radius 2 is 2.15 bits per heavy atom. The van der Waals surface area contributed by atoms with Gasteiger partial charge in [-0.25, -0.2) is 4.98 Å². The van der Waals surface area contributed by atoms with Crippen LogP contribution in [0.1, 0.15) is 18.2 Å². The van der Waals surface area contributed by atoms with Gasteiger partial charge in [-0.1, -0.05) is 13.0 Å². The summed E-state index contributed by atoms with van der Waals surface area (Å²) in [5.41, 5.74) is 10.5. The summed E-state index contributed by atoms with van der Waals surface area (Å²) in [7, 11) is 0. The van der Waals surface area contributed by atoms with Crippen LogP contribution in [0.4, 0.5) is 17.2 Å². The number of fused-ring (bicyclic) bond motifs is 1. The van der Waals surface area contributed by atoms with Crippen LogP contribution in [0.2, 0.25) is 0 Å². The van der Waals surface area contributed by atoms with Crippen molar-refractivity contribution in [2.24, 2.45) is 0 Å². The molecule has 0 saturated carbocycles. The van der Waals surface area contributed by atoms with E-state index >= 15 is 0 Å². The van der Waals surface area contributed by atoms with Crippen LogP contribution < -0.4 is 11.1 Å². The second-order valence-electron chi connectivity index (χ2n) is 4.79. The Bertz CT molecular complexity index is 760. The number of anilines is 3. The number of hydrogen-bond acceptors (Lipinski definition) is 4. The molecule has 0 amide bonds. The maximum Gasteiger partial charge on any atom is 0.160 e. The first-order valence-electron chi connectivity index (χ1n) is 6.64. The number of nitrogens with two attached hydrogens (primary N) is 1. The number of rotatable bonds is 3. The highest BCUT2D eigenvalue weighted by Crippen LogP contribution is 2.21. The average molecular weight is 267 g/mol. The Morgan fingerprint density at radius 3 is 2.90 bits per heavy atom. The summed E-state index contributed by atoms with van der Waals surface area (Å²) in [6.45, 7) is 4.09. The van der Waals surface area contributed by atoms with Crippen LogP contribution in [0.15, 0.2) is 36.5 Å². The largest absolute Gasteiger partial charge is 0.399 e. The summed E-state index contributed by atoms with van der Waals surface area (Å²) >= 11 is 0. The van der Waals surface area contributed by atoms with Crippen LogP contribution in [0.25, 0.3) is 5.65 Å². The average Bonchev–Trinajstić information content (AvgIpc) is 2.81. The molecule has 3 N–H and O–H groups in total. The Balaban J connectivity index is 2.09. The van der Waals surface area contributed by atoms with Gasteiger partial charge in [0.05, 0.1) is 6.20 Å². The second-order valence-corrected chi connectivity index (χ2v) is 4.79. The first-order chi connectivity index (χ1) is 9.67. The van der Waals surface area contributed by atoms with Gasteiger partial charge >= 0.3 is 0 Å². The van der Waals surface area contributed by atoms with Crippen LogP contribution in [0.5, 0.6) is 0 Å². The number of nitrogen functional groups attached to an aromatic ring is 1. The molecule has 0 saturated heterocycles. The monoisotopic (exact) mass is 267 g/mol. The lowest BCUT2D eigenvalue weighted by atomic mass is 10.2. The van der Waals surface area contributed by atoms with Gasteiger partial charge in [0.15, 0.2) is 5.65 Å². The highest BCUT2D eigenvalue weighted by Gasteiger charge is 2.09. The molecule has 3 rings (SSSR count). The molecule has 0 aliphatic carbocycles. The van der Waals surface area contributed by atoms with Crippen molar-refractivity contribution in [2.75, 3.05) is 11.1 Å². The lowest BCUT2D eigenvalue weighted by molar-refractivity contribution is 0.937. The van der Waals surface area contributed by atoms with Gasteiger partial charge in [0.25, 0.3) is 0 Å². The van der Waals surface area contributed by atoms with Gasteiger partial charge in [-0.2, -0.15) is 9.61 Å². The summed E-state index contributed by atoms with van der Waals surface area (Å²) in [5.74, 6) is 0.887. The zero-order valence-electron chi connectivity index (χ0n) is 11.6. The molecule has 0 fully saturated rings. The van der Waals surface area contributed by atoms with Crippen molar-refractivity contribution in [1.29, 1.82) is 0 Å². The smallest absolute Gasteiger partial charge is 0.160 e. The van der Waals surface area contributed by atoms with E-state index < -0.39 is 0 Å². The normalized spacial score (nSPS) is 10.9. The van der Waals surface area contributed by atoms with Crippen molar-refractivity contribution >= 4 is 22.8 Å². The summed E-state index contributed by atoms with van der Waals surface area (Å²) < 4.78 is 1.83. The van der Waals surface area contributed by atoms with Gasteiger partial charge in [0, 0.05) is 28.7 Å². The predicted octanol–water partition coefficient (Wildman–Crippen LogP) is 2.93. The molecule has 5 nitrogen and oxygen atoms in total. The fourth-order valence-corrected chi connectivity index (χ4v) is 2.23. The summed E-state index contributed by atoms with van der Waals surface area (Å²) in [5, 5.41) is 7.76. The molecule has 0 aliphatic rings. The van der Waals surface area contributed by atoms with E-state index in [1.165, 1.54) is 0 Å². The Morgan fingerprint density at radius 1 is 1.30 bits per heavy atom. The molecule has 20 heavy (non-hydrogen) atoms. The zero-order chi connectivity index (χ0) is 14.1. The molecule has 0 radical (unpaired) electrons. The highest BCUT2D eigenvalue weighted by atomic mass is 15.3.